The lowest BCUT2D eigenvalue weighted by atomic mass is 9.33. The molecule has 4 heterocycles. The first-order valence-electron chi connectivity index (χ1n) is 35.9. The molecule has 2 aromatic heterocycles. The van der Waals surface area contributed by atoms with Gasteiger partial charge < -0.3 is 18.6 Å². The lowest BCUT2D eigenvalue weighted by Gasteiger charge is -2.45. The van der Waals surface area contributed by atoms with Crippen molar-refractivity contribution in [2.45, 2.75) is 10.8 Å². The van der Waals surface area contributed by atoms with Crippen molar-refractivity contribution in [2.24, 2.45) is 0 Å². The molecule has 4 aliphatic carbocycles. The van der Waals surface area contributed by atoms with Crippen LogP contribution in [0.2, 0.25) is 0 Å². The number of nitrogens with zero attached hydrogens (tertiary/aromatic N) is 2. The van der Waals surface area contributed by atoms with Crippen LogP contribution in [0, 0.1) is 0 Å². The third-order valence-corrected chi connectivity index (χ3v) is 24.1. The van der Waals surface area contributed by atoms with Crippen LogP contribution >= 0.6 is 0 Å². The zero-order chi connectivity index (χ0) is 67.0. The van der Waals surface area contributed by atoms with Crippen LogP contribution in [0.4, 0.5) is 34.1 Å². The number of benzene rings is 16. The van der Waals surface area contributed by atoms with Gasteiger partial charge >= 0.3 is 0 Å². The van der Waals surface area contributed by atoms with Gasteiger partial charge in [0, 0.05) is 44.0 Å². The van der Waals surface area contributed by atoms with Crippen LogP contribution in [-0.2, 0) is 10.8 Å². The van der Waals surface area contributed by atoms with Gasteiger partial charge in [-0.3, -0.25) is 0 Å². The highest BCUT2D eigenvalue weighted by Gasteiger charge is 2.54. The van der Waals surface area contributed by atoms with Crippen LogP contribution in [0.3, 0.4) is 0 Å². The Balaban J connectivity index is 0.793. The normalized spacial score (nSPS) is 14.3. The minimum atomic E-state index is -0.531. The fraction of sp³-hybridized carbons (Fsp3) is 0.0204. The topological polar surface area (TPSA) is 32.8 Å². The first-order valence-corrected chi connectivity index (χ1v) is 35.9. The second-order valence-electron chi connectivity index (χ2n) is 28.7. The maximum absolute atomic E-state index is 7.45. The maximum atomic E-state index is 7.45. The lowest BCUT2D eigenvalue weighted by molar-refractivity contribution is 0.669. The summed E-state index contributed by atoms with van der Waals surface area (Å²) in [4.78, 5) is 5.19. The van der Waals surface area contributed by atoms with E-state index in [4.69, 9.17) is 8.83 Å². The molecule has 103 heavy (non-hydrogen) atoms. The molecule has 6 aliphatic rings. The Bertz CT molecular complexity index is 6300. The van der Waals surface area contributed by atoms with Crippen LogP contribution in [0.25, 0.3) is 122 Å². The van der Waals surface area contributed by atoms with Crippen LogP contribution in [0.1, 0.15) is 44.5 Å². The van der Waals surface area contributed by atoms with E-state index in [9.17, 15) is 0 Å². The van der Waals surface area contributed by atoms with Gasteiger partial charge in [-0.1, -0.05) is 297 Å². The Morgan fingerprint density at radius 3 is 0.951 bits per heavy atom. The van der Waals surface area contributed by atoms with Crippen molar-refractivity contribution in [1.82, 2.24) is 0 Å². The molecule has 2 spiro atoms. The summed E-state index contributed by atoms with van der Waals surface area (Å²) in [5.74, 6) is 0. The zero-order valence-electron chi connectivity index (χ0n) is 55.7. The van der Waals surface area contributed by atoms with Crippen molar-refractivity contribution in [2.75, 3.05) is 9.80 Å². The van der Waals surface area contributed by atoms with Gasteiger partial charge in [-0.25, -0.2) is 0 Å². The van der Waals surface area contributed by atoms with Crippen molar-refractivity contribution in [3.8, 4) is 77.9 Å². The Morgan fingerprint density at radius 2 is 0.553 bits per heavy atom. The molecule has 16 aromatic carbocycles. The van der Waals surface area contributed by atoms with E-state index in [0.29, 0.717) is 0 Å². The Hall–Kier alpha value is -13.2. The van der Waals surface area contributed by atoms with Gasteiger partial charge in [0.2, 0.25) is 0 Å². The van der Waals surface area contributed by atoms with Crippen molar-refractivity contribution in [3.05, 3.63) is 390 Å². The quantitative estimate of drug-likeness (QED) is 0.161. The van der Waals surface area contributed by atoms with Crippen molar-refractivity contribution in [1.29, 1.82) is 0 Å². The molecule has 0 bridgehead atoms. The monoisotopic (exact) mass is 1300 g/mol. The Morgan fingerprint density at radius 1 is 0.223 bits per heavy atom. The number of hydrogen-bond donors (Lipinski definition) is 0. The Kier molecular flexibility index (Phi) is 10.9. The number of para-hydroxylation sites is 4. The van der Waals surface area contributed by atoms with Gasteiger partial charge in [0.05, 0.1) is 33.6 Å². The molecule has 0 N–H and O–H groups in total. The largest absolute Gasteiger partial charge is 0.454 e. The summed E-state index contributed by atoms with van der Waals surface area (Å²) in [6.45, 7) is -0.288. The minimum Gasteiger partial charge on any atom is -0.454 e. The molecule has 0 amide bonds. The highest BCUT2D eigenvalue weighted by molar-refractivity contribution is 7.01. The van der Waals surface area contributed by atoms with Crippen molar-refractivity contribution < 1.29 is 8.83 Å². The summed E-state index contributed by atoms with van der Waals surface area (Å²) in [5.41, 5.74) is 39.5. The third kappa shape index (κ3) is 7.01. The van der Waals surface area contributed by atoms with E-state index in [1.54, 1.807) is 0 Å². The second-order valence-corrected chi connectivity index (χ2v) is 28.7. The molecule has 2 aliphatic heterocycles. The molecule has 0 saturated carbocycles. The summed E-state index contributed by atoms with van der Waals surface area (Å²) in [6, 6.07) is 130. The molecule has 18 aromatic rings. The predicted octanol–water partition coefficient (Wildman–Crippen LogP) is 23.3. The summed E-state index contributed by atoms with van der Waals surface area (Å²) >= 11 is 0. The predicted molar refractivity (Wildman–Crippen MR) is 424 cm³/mol. The van der Waals surface area contributed by atoms with Crippen LogP contribution < -0.4 is 26.2 Å². The average Bonchev–Trinajstić information content (AvgIpc) is 1.67. The zero-order valence-corrected chi connectivity index (χ0v) is 55.7. The highest BCUT2D eigenvalue weighted by atomic mass is 16.3. The summed E-state index contributed by atoms with van der Waals surface area (Å²) in [7, 11) is 0. The van der Waals surface area contributed by atoms with Crippen molar-refractivity contribution in [3.63, 3.8) is 0 Å². The van der Waals surface area contributed by atoms with Gasteiger partial charge in [-0.15, -0.1) is 0 Å². The number of hydrogen-bond acceptors (Lipinski definition) is 4. The number of fused-ring (bicyclic) bond motifs is 32. The molecular formula is C98H57BN2O2. The van der Waals surface area contributed by atoms with E-state index in [2.05, 4.69) is 356 Å². The molecule has 0 atom stereocenters. The van der Waals surface area contributed by atoms with Gasteiger partial charge in [-0.2, -0.15) is 0 Å². The molecular weight excluding hydrogens is 1250 g/mol. The molecule has 474 valence electrons. The standard InChI is InChI=1S/C98H57BN2O2/c1-2-24-58(25-3-1)61-56-88-92-89(57-61)101(87-43-21-11-27-63(87)60-47-49-71-69-33-9-19-41-81(69)98(83(71)55-60)78-38-16-6-30-66(78)67-31-7-17-39-79(67)98)94-85(53-51-75-73-35-13-23-45-91(73)103-96(75)94)99(92)84-52-50-74-72-34-12-22-44-90(72)102-95(74)93(84)100(88)86-42-20-10-26-62(86)59-46-48-70-68-32-8-18-40-80(68)97(82(70)54-59)76-36-14-4-28-64(76)65-29-5-15-37-77(65)97/h1-57H. The molecule has 24 rings (SSSR count). The van der Waals surface area contributed by atoms with Gasteiger partial charge in [0.25, 0.3) is 6.71 Å². The molecule has 0 radical (unpaired) electrons. The van der Waals surface area contributed by atoms with Gasteiger partial charge in [-0.05, 0) is 176 Å². The number of anilines is 6. The van der Waals surface area contributed by atoms with Crippen LogP contribution in [0.15, 0.2) is 355 Å². The van der Waals surface area contributed by atoms with E-state index in [0.717, 1.165) is 122 Å². The van der Waals surface area contributed by atoms with Crippen molar-refractivity contribution >= 4 is 101 Å². The summed E-state index contributed by atoms with van der Waals surface area (Å²) in [6.07, 6.45) is 0. The smallest absolute Gasteiger partial charge is 0.252 e. The fourth-order valence-corrected chi connectivity index (χ4v) is 20.2. The average molecular weight is 1310 g/mol. The second kappa shape index (κ2) is 20.3. The maximum Gasteiger partial charge on any atom is 0.252 e. The number of furan rings is 2. The first kappa shape index (κ1) is 55.6. The minimum absolute atomic E-state index is 0.288. The van der Waals surface area contributed by atoms with Gasteiger partial charge in [0.15, 0.2) is 11.2 Å². The summed E-state index contributed by atoms with van der Waals surface area (Å²) < 4.78 is 14.9. The third-order valence-electron chi connectivity index (χ3n) is 24.1. The molecule has 0 unspecified atom stereocenters. The van der Waals surface area contributed by atoms with Crippen LogP contribution in [0.5, 0.6) is 0 Å². The highest BCUT2D eigenvalue weighted by Crippen LogP contribution is 2.66. The van der Waals surface area contributed by atoms with E-state index >= 15 is 0 Å². The molecule has 4 nitrogen and oxygen atoms in total. The van der Waals surface area contributed by atoms with Gasteiger partial charge in [0.1, 0.15) is 11.2 Å². The molecule has 0 fully saturated rings. The van der Waals surface area contributed by atoms with E-state index < -0.39 is 10.8 Å². The van der Waals surface area contributed by atoms with Crippen LogP contribution in [-0.4, -0.2) is 6.71 Å². The Labute approximate surface area is 595 Å². The van der Waals surface area contributed by atoms with E-state index in [1.807, 2.05) is 0 Å². The van der Waals surface area contributed by atoms with E-state index in [-0.39, 0.29) is 6.71 Å². The molecule has 5 heteroatoms. The molecule has 0 saturated heterocycles. The fourth-order valence-electron chi connectivity index (χ4n) is 20.2. The van der Waals surface area contributed by atoms with E-state index in [1.165, 1.54) is 94.5 Å². The first-order chi connectivity index (χ1) is 51.1. The lowest BCUT2D eigenvalue weighted by Crippen LogP contribution is -2.61. The SMILES string of the molecule is c1ccc(-c2cc3c4c(c2)N(c2ccccc2-c2ccc5c(c2)C2(c6ccccc6-c6ccccc62)c2ccccc2-5)c2c(ccc5c2oc2ccccc25)B4c2ccc4c(oc5ccccc54)c2N3c2ccccc2-c2ccc3c(c2)C2(c4ccccc4-c4ccccc42)c2ccccc2-3)cc1. The summed E-state index contributed by atoms with van der Waals surface area (Å²) in [5, 5.41) is 4.30. The number of rotatable bonds is 5.